The molecule has 0 spiro atoms. The van der Waals surface area contributed by atoms with E-state index in [1.807, 2.05) is 27.7 Å². The van der Waals surface area contributed by atoms with Crippen LogP contribution < -0.4 is 5.32 Å². The third-order valence-corrected chi connectivity index (χ3v) is 4.35. The van der Waals surface area contributed by atoms with Gasteiger partial charge in [-0.15, -0.1) is 0 Å². The Bertz CT molecular complexity index is 543. The molecule has 8 heteroatoms. The first-order chi connectivity index (χ1) is 12.8. The lowest BCUT2D eigenvalue weighted by Gasteiger charge is -2.39. The summed E-state index contributed by atoms with van der Waals surface area (Å²) in [6.45, 7) is 15.1. The summed E-state index contributed by atoms with van der Waals surface area (Å²) in [5, 5.41) is 2.72. The fourth-order valence-corrected chi connectivity index (χ4v) is 2.76. The summed E-state index contributed by atoms with van der Waals surface area (Å²) in [7, 11) is 0. The molecule has 1 heterocycles. The highest BCUT2D eigenvalue weighted by Gasteiger charge is 2.38. The molecule has 28 heavy (non-hydrogen) atoms. The second-order valence-electron chi connectivity index (χ2n) is 9.23. The van der Waals surface area contributed by atoms with E-state index in [1.54, 1.807) is 30.6 Å². The number of amides is 3. The molecule has 1 aliphatic rings. The van der Waals surface area contributed by atoms with E-state index in [4.69, 9.17) is 9.47 Å². The Morgan fingerprint density at radius 1 is 0.964 bits per heavy atom. The Morgan fingerprint density at radius 2 is 1.50 bits per heavy atom. The molecule has 1 fully saturated rings. The van der Waals surface area contributed by atoms with Gasteiger partial charge in [-0.1, -0.05) is 34.1 Å². The van der Waals surface area contributed by atoms with Gasteiger partial charge >= 0.3 is 12.2 Å². The molecule has 0 aliphatic carbocycles. The van der Waals surface area contributed by atoms with Crippen molar-refractivity contribution in [3.8, 4) is 0 Å². The summed E-state index contributed by atoms with van der Waals surface area (Å²) in [5.41, 5.74) is -1.12. The van der Waals surface area contributed by atoms with E-state index in [0.29, 0.717) is 32.8 Å². The summed E-state index contributed by atoms with van der Waals surface area (Å²) in [5.74, 6) is -0.169. The van der Waals surface area contributed by atoms with E-state index < -0.39 is 23.2 Å². The van der Waals surface area contributed by atoms with E-state index >= 15 is 0 Å². The maximum absolute atomic E-state index is 13.1. The van der Waals surface area contributed by atoms with Gasteiger partial charge in [0, 0.05) is 26.2 Å². The number of piperazine rings is 1. The number of hydrogen-bond acceptors (Lipinski definition) is 5. The number of carbonyl (C=O) groups is 3. The van der Waals surface area contributed by atoms with Gasteiger partial charge in [0.1, 0.15) is 11.6 Å². The van der Waals surface area contributed by atoms with Crippen molar-refractivity contribution >= 4 is 18.1 Å². The van der Waals surface area contributed by atoms with Gasteiger partial charge in [0.25, 0.3) is 0 Å². The molecule has 162 valence electrons. The highest BCUT2D eigenvalue weighted by Crippen LogP contribution is 2.22. The number of alkyl carbamates (subject to hydrolysis) is 1. The summed E-state index contributed by atoms with van der Waals surface area (Å²) in [4.78, 5) is 40.6. The molecule has 0 aromatic rings. The third kappa shape index (κ3) is 7.94. The quantitative estimate of drug-likeness (QED) is 0.718. The molecule has 0 aromatic carbocycles. The van der Waals surface area contributed by atoms with Crippen molar-refractivity contribution in [2.75, 3.05) is 32.8 Å². The van der Waals surface area contributed by atoms with Crippen LogP contribution in [0.4, 0.5) is 9.59 Å². The van der Waals surface area contributed by atoms with Crippen molar-refractivity contribution in [1.29, 1.82) is 0 Å². The maximum atomic E-state index is 13.1. The van der Waals surface area contributed by atoms with Crippen molar-refractivity contribution in [3.05, 3.63) is 0 Å². The van der Waals surface area contributed by atoms with Gasteiger partial charge < -0.3 is 24.6 Å². The molecule has 1 saturated heterocycles. The number of nitrogens with one attached hydrogen (secondary N) is 1. The number of unbranched alkanes of at least 4 members (excludes halogenated alkanes) is 1. The number of nitrogens with zero attached hydrogens (tertiary/aromatic N) is 2. The Kier molecular flexibility index (Phi) is 8.57. The molecule has 8 nitrogen and oxygen atoms in total. The molecule has 0 aromatic heterocycles. The van der Waals surface area contributed by atoms with Gasteiger partial charge in [0.2, 0.25) is 5.91 Å². The van der Waals surface area contributed by atoms with Crippen LogP contribution in [0, 0.1) is 5.41 Å². The fraction of sp³-hybridized carbons (Fsp3) is 0.850. The van der Waals surface area contributed by atoms with Crippen LogP contribution in [0.25, 0.3) is 0 Å². The SMILES string of the molecule is CCCCOC(=O)N1CCN(C(=O)C(NC(=O)OC(C)(C)C)C(C)(C)C)CC1. The minimum absolute atomic E-state index is 0.169. The van der Waals surface area contributed by atoms with Crippen LogP contribution in [0.5, 0.6) is 0 Å². The van der Waals surface area contributed by atoms with E-state index in [2.05, 4.69) is 5.32 Å². The molecule has 3 amide bonds. The highest BCUT2D eigenvalue weighted by molar-refractivity contribution is 5.86. The standard InChI is InChI=1S/C20H37N3O5/c1-8-9-14-27-18(26)23-12-10-22(11-13-23)16(24)15(19(2,3)4)21-17(25)28-20(5,6)7/h15H,8-14H2,1-7H3,(H,21,25). The van der Waals surface area contributed by atoms with Gasteiger partial charge in [-0.25, -0.2) is 9.59 Å². The van der Waals surface area contributed by atoms with Crippen molar-refractivity contribution in [2.24, 2.45) is 5.41 Å². The Labute approximate surface area is 168 Å². The lowest BCUT2D eigenvalue weighted by molar-refractivity contribution is -0.137. The van der Waals surface area contributed by atoms with Crippen LogP contribution >= 0.6 is 0 Å². The maximum Gasteiger partial charge on any atom is 0.409 e. The van der Waals surface area contributed by atoms with Crippen molar-refractivity contribution in [2.45, 2.75) is 73.0 Å². The first-order valence-electron chi connectivity index (χ1n) is 10.0. The minimum Gasteiger partial charge on any atom is -0.449 e. The Morgan fingerprint density at radius 3 is 1.96 bits per heavy atom. The summed E-state index contributed by atoms with van der Waals surface area (Å²) in [6, 6.07) is -0.717. The molecule has 0 saturated carbocycles. The zero-order valence-corrected chi connectivity index (χ0v) is 18.5. The summed E-state index contributed by atoms with van der Waals surface area (Å²) in [6.07, 6.45) is 0.862. The zero-order valence-electron chi connectivity index (χ0n) is 18.5. The van der Waals surface area contributed by atoms with E-state index in [9.17, 15) is 14.4 Å². The predicted octanol–water partition coefficient (Wildman–Crippen LogP) is 3.01. The molecule has 1 rings (SSSR count). The van der Waals surface area contributed by atoms with Gasteiger partial charge in [-0.2, -0.15) is 0 Å². The van der Waals surface area contributed by atoms with E-state index in [0.717, 1.165) is 12.8 Å². The molecule has 1 unspecified atom stereocenters. The van der Waals surface area contributed by atoms with Crippen LogP contribution in [0.15, 0.2) is 0 Å². The molecule has 1 N–H and O–H groups in total. The Balaban J connectivity index is 2.66. The van der Waals surface area contributed by atoms with E-state index in [-0.39, 0.29) is 12.0 Å². The molecule has 1 aliphatic heterocycles. The third-order valence-electron chi connectivity index (χ3n) is 4.35. The van der Waals surface area contributed by atoms with Gasteiger partial charge in [-0.3, -0.25) is 4.79 Å². The average molecular weight is 400 g/mol. The van der Waals surface area contributed by atoms with Crippen molar-refractivity contribution < 1.29 is 23.9 Å². The highest BCUT2D eigenvalue weighted by atomic mass is 16.6. The molecule has 0 radical (unpaired) electrons. The Hall–Kier alpha value is -1.99. The van der Waals surface area contributed by atoms with E-state index in [1.165, 1.54) is 0 Å². The largest absolute Gasteiger partial charge is 0.449 e. The lowest BCUT2D eigenvalue weighted by Crippen LogP contribution is -2.59. The summed E-state index contributed by atoms with van der Waals surface area (Å²) < 4.78 is 10.5. The van der Waals surface area contributed by atoms with Crippen LogP contribution in [-0.2, 0) is 14.3 Å². The summed E-state index contributed by atoms with van der Waals surface area (Å²) >= 11 is 0. The van der Waals surface area contributed by atoms with Crippen LogP contribution in [-0.4, -0.2) is 72.3 Å². The number of ether oxygens (including phenoxy) is 2. The fourth-order valence-electron chi connectivity index (χ4n) is 2.76. The smallest absolute Gasteiger partial charge is 0.409 e. The zero-order chi connectivity index (χ0) is 21.5. The molecular weight excluding hydrogens is 362 g/mol. The van der Waals surface area contributed by atoms with Crippen molar-refractivity contribution in [1.82, 2.24) is 15.1 Å². The number of carbonyl (C=O) groups excluding carboxylic acids is 3. The van der Waals surface area contributed by atoms with Crippen LogP contribution in [0.2, 0.25) is 0 Å². The second kappa shape index (κ2) is 9.98. The number of hydrogen-bond donors (Lipinski definition) is 1. The minimum atomic E-state index is -0.717. The molecule has 1 atom stereocenters. The predicted molar refractivity (Wildman–Crippen MR) is 107 cm³/mol. The van der Waals surface area contributed by atoms with Gasteiger partial charge in [-0.05, 0) is 32.6 Å². The first kappa shape index (κ1) is 24.0. The number of rotatable bonds is 5. The van der Waals surface area contributed by atoms with Crippen LogP contribution in [0.3, 0.4) is 0 Å². The first-order valence-corrected chi connectivity index (χ1v) is 10.0. The molecule has 0 bridgehead atoms. The van der Waals surface area contributed by atoms with Gasteiger partial charge in [0.05, 0.1) is 6.61 Å². The topological polar surface area (TPSA) is 88.2 Å². The normalized spacial score (nSPS) is 16.4. The monoisotopic (exact) mass is 399 g/mol. The average Bonchev–Trinajstić information content (AvgIpc) is 2.57. The van der Waals surface area contributed by atoms with Crippen molar-refractivity contribution in [3.63, 3.8) is 0 Å². The molecular formula is C20H37N3O5. The van der Waals surface area contributed by atoms with Crippen LogP contribution in [0.1, 0.15) is 61.3 Å². The van der Waals surface area contributed by atoms with Gasteiger partial charge in [0.15, 0.2) is 0 Å². The second-order valence-corrected chi connectivity index (χ2v) is 9.23. The lowest BCUT2D eigenvalue weighted by atomic mass is 9.85.